The second-order valence-electron chi connectivity index (χ2n) is 12.3. The number of hydrogen-bond donors (Lipinski definition) is 5. The highest BCUT2D eigenvalue weighted by Gasteiger charge is 2.25. The van der Waals surface area contributed by atoms with Crippen molar-refractivity contribution in [2.75, 3.05) is 11.5 Å². The Hall–Kier alpha value is -7.15. The van der Waals surface area contributed by atoms with Crippen LogP contribution >= 0.6 is 46.4 Å². The molecule has 0 saturated heterocycles. The summed E-state index contributed by atoms with van der Waals surface area (Å²) in [6.07, 6.45) is 2.25. The van der Waals surface area contributed by atoms with E-state index in [4.69, 9.17) is 57.9 Å². The van der Waals surface area contributed by atoms with Crippen LogP contribution in [0.1, 0.15) is 22.5 Å². The van der Waals surface area contributed by atoms with E-state index in [1.807, 2.05) is 12.1 Å². The Kier molecular flexibility index (Phi) is 11.3. The molecule has 26 nitrogen and oxygen atoms in total. The fourth-order valence-corrected chi connectivity index (χ4v) is 8.16. The molecule has 0 amide bonds. The average Bonchev–Trinajstić information content (AvgIpc) is 3.96. The standard InChI is InChI=1S/C31H19Cl4N19O7S2/c1-11-23(45-47-27-13(7-36)9-40-51(27)19-3-17(34)21(5-15(19)32)62(56,57)58)25(38)53(49-11)29-42-30(44-31(55)43-29)54-26(39)24(12(2)50-54)46-48-28-14(8-37)10-41-52(28)20-4-18(35)22(6-16(20)33)63(59,60)61/h3-6,9-10H,38-39H2,1-2H3,(H,56,57,58)(H,59,60,61)(H,42,43,44,55). The maximum atomic E-state index is 11.7. The first-order valence-corrected chi connectivity index (χ1v) is 20.9. The van der Waals surface area contributed by atoms with Crippen LogP contribution in [0.3, 0.4) is 0 Å². The number of aromatic nitrogens is 11. The van der Waals surface area contributed by atoms with Gasteiger partial charge >= 0.3 is 6.01 Å². The molecule has 0 aliphatic carbocycles. The number of aryl methyl sites for hydroxylation is 2. The van der Waals surface area contributed by atoms with Crippen LogP contribution in [0.25, 0.3) is 23.3 Å². The quantitative estimate of drug-likeness (QED) is 0.0800. The predicted octanol–water partition coefficient (Wildman–Crippen LogP) is 5.78. The van der Waals surface area contributed by atoms with Crippen molar-refractivity contribution in [2.24, 2.45) is 20.5 Å². The van der Waals surface area contributed by atoms with Gasteiger partial charge in [-0.15, -0.1) is 20.5 Å². The number of halogens is 4. The summed E-state index contributed by atoms with van der Waals surface area (Å²) in [5.74, 6) is -1.58. The van der Waals surface area contributed by atoms with Gasteiger partial charge < -0.3 is 16.6 Å². The molecule has 7 aromatic rings. The summed E-state index contributed by atoms with van der Waals surface area (Å²) in [6.45, 7) is 2.98. The zero-order valence-electron chi connectivity index (χ0n) is 31.0. The first-order chi connectivity index (χ1) is 29.6. The SMILES string of the molecule is Cc1nn(-c2nc(O)nc(-n3nc(C)c(N=Nc4c(C#N)cnn4-c4cc(Cl)c(S(=O)(=O)O)cc4Cl)c3N)n2)c(N)c1N=Nc1c(C#N)cnn1-c1cc(Cl)c(S(=O)(=O)O)cc1Cl. The number of nitrogens with zero attached hydrogens (tertiary/aromatic N) is 17. The van der Waals surface area contributed by atoms with E-state index in [9.17, 15) is 41.6 Å². The van der Waals surface area contributed by atoms with Crippen molar-refractivity contribution >= 4 is 101 Å². The lowest BCUT2D eigenvalue weighted by Crippen LogP contribution is -2.13. The Morgan fingerprint density at radius 3 is 1.35 bits per heavy atom. The molecule has 0 saturated carbocycles. The van der Waals surface area contributed by atoms with Gasteiger partial charge in [0.2, 0.25) is 0 Å². The largest absolute Gasteiger partial charge is 0.479 e. The Bertz CT molecular complexity index is 3240. The third-order valence-corrected chi connectivity index (χ3v) is 11.6. The topological polar surface area (TPSA) is 388 Å². The summed E-state index contributed by atoms with van der Waals surface area (Å²) in [5, 5.41) is 62.1. The number of aromatic hydroxyl groups is 1. The van der Waals surface area contributed by atoms with Crippen LogP contribution in [-0.2, 0) is 20.2 Å². The summed E-state index contributed by atoms with van der Waals surface area (Å²) in [7, 11) is -9.48. The summed E-state index contributed by atoms with van der Waals surface area (Å²) in [6, 6.07) is 6.87. The minimum Gasteiger partial charge on any atom is -0.479 e. The maximum Gasteiger partial charge on any atom is 0.320 e. The van der Waals surface area contributed by atoms with Crippen LogP contribution < -0.4 is 11.5 Å². The van der Waals surface area contributed by atoms with Crippen molar-refractivity contribution < 1.29 is 31.0 Å². The molecule has 0 radical (unpaired) electrons. The highest BCUT2D eigenvalue weighted by atomic mass is 35.5. The number of hydrogen-bond acceptors (Lipinski definition) is 20. The van der Waals surface area contributed by atoms with E-state index in [-0.39, 0.29) is 90.5 Å². The number of rotatable bonds is 10. The molecule has 320 valence electrons. The molecular formula is C31H19Cl4N19O7S2. The monoisotopic (exact) mass is 973 g/mol. The Morgan fingerprint density at radius 2 is 1.00 bits per heavy atom. The van der Waals surface area contributed by atoms with Crippen molar-refractivity contribution in [3.05, 3.63) is 79.3 Å². The van der Waals surface area contributed by atoms with Gasteiger partial charge in [0.1, 0.15) is 33.1 Å². The molecule has 2 aromatic carbocycles. The van der Waals surface area contributed by atoms with Crippen molar-refractivity contribution in [1.82, 2.24) is 54.1 Å². The zero-order valence-corrected chi connectivity index (χ0v) is 35.7. The molecule has 7 rings (SSSR count). The van der Waals surface area contributed by atoms with E-state index in [0.717, 1.165) is 55.4 Å². The summed E-state index contributed by atoms with van der Waals surface area (Å²) in [4.78, 5) is 10.8. The highest BCUT2D eigenvalue weighted by molar-refractivity contribution is 7.86. The number of nitrogen functional groups attached to an aromatic ring is 2. The maximum absolute atomic E-state index is 11.7. The lowest BCUT2D eigenvalue weighted by Gasteiger charge is -2.09. The van der Waals surface area contributed by atoms with Crippen molar-refractivity contribution in [3.63, 3.8) is 0 Å². The molecule has 0 atom stereocenters. The van der Waals surface area contributed by atoms with Gasteiger partial charge in [0, 0.05) is 0 Å². The van der Waals surface area contributed by atoms with Gasteiger partial charge in [-0.3, -0.25) is 9.11 Å². The molecule has 63 heavy (non-hydrogen) atoms. The van der Waals surface area contributed by atoms with E-state index in [1.165, 1.54) is 13.8 Å². The summed E-state index contributed by atoms with van der Waals surface area (Å²) in [5.41, 5.74) is 12.7. The van der Waals surface area contributed by atoms with Crippen LogP contribution in [0, 0.1) is 36.5 Å². The Labute approximate surface area is 371 Å². The smallest absolute Gasteiger partial charge is 0.320 e. The second kappa shape index (κ2) is 16.3. The molecule has 7 N–H and O–H groups in total. The van der Waals surface area contributed by atoms with E-state index in [2.05, 4.69) is 55.8 Å². The van der Waals surface area contributed by atoms with E-state index in [0.29, 0.717) is 0 Å². The fraction of sp³-hybridized carbons (Fsp3) is 0.0645. The second-order valence-corrected chi connectivity index (χ2v) is 16.7. The average molecular weight is 976 g/mol. The van der Waals surface area contributed by atoms with Gasteiger partial charge in [0.25, 0.3) is 32.1 Å². The van der Waals surface area contributed by atoms with Gasteiger partial charge in [0.15, 0.2) is 34.6 Å². The van der Waals surface area contributed by atoms with Gasteiger partial charge in [-0.1, -0.05) is 46.4 Å². The van der Waals surface area contributed by atoms with Gasteiger partial charge in [-0.25, -0.2) is 9.36 Å². The van der Waals surface area contributed by atoms with E-state index < -0.39 is 46.1 Å². The zero-order chi connectivity index (χ0) is 45.9. The molecule has 0 unspecified atom stereocenters. The summed E-state index contributed by atoms with van der Waals surface area (Å²) >= 11 is 24.8. The molecule has 5 heterocycles. The highest BCUT2D eigenvalue weighted by Crippen LogP contribution is 2.38. The minimum atomic E-state index is -4.74. The van der Waals surface area contributed by atoms with Gasteiger partial charge in [-0.2, -0.15) is 72.1 Å². The molecule has 0 spiro atoms. The molecule has 5 aromatic heterocycles. The number of benzene rings is 2. The predicted molar refractivity (Wildman–Crippen MR) is 219 cm³/mol. The number of anilines is 2. The van der Waals surface area contributed by atoms with Crippen molar-refractivity contribution in [1.29, 1.82) is 10.5 Å². The van der Waals surface area contributed by atoms with Crippen LogP contribution in [0.4, 0.5) is 34.6 Å². The normalized spacial score (nSPS) is 12.1. The Balaban J connectivity index is 1.23. The molecule has 0 bridgehead atoms. The fourth-order valence-electron chi connectivity index (χ4n) is 5.50. The van der Waals surface area contributed by atoms with Gasteiger partial charge in [-0.05, 0) is 38.1 Å². The lowest BCUT2D eigenvalue weighted by molar-refractivity contribution is 0.423. The van der Waals surface area contributed by atoms with Crippen LogP contribution in [-0.4, -0.2) is 85.1 Å². The summed E-state index contributed by atoms with van der Waals surface area (Å²) < 4.78 is 69.9. The van der Waals surface area contributed by atoms with Crippen molar-refractivity contribution in [3.8, 4) is 41.4 Å². The Morgan fingerprint density at radius 1 is 0.619 bits per heavy atom. The lowest BCUT2D eigenvalue weighted by atomic mass is 10.3. The van der Waals surface area contributed by atoms with Crippen LogP contribution in [0.15, 0.2) is 66.9 Å². The van der Waals surface area contributed by atoms with Crippen LogP contribution in [0.5, 0.6) is 6.01 Å². The molecular weight excluding hydrogens is 956 g/mol. The van der Waals surface area contributed by atoms with Crippen LogP contribution in [0.2, 0.25) is 20.1 Å². The first kappa shape index (κ1) is 43.9. The van der Waals surface area contributed by atoms with E-state index in [1.54, 1.807) is 0 Å². The van der Waals surface area contributed by atoms with Gasteiger partial charge in [0.05, 0.1) is 55.2 Å². The molecule has 0 fully saturated rings. The van der Waals surface area contributed by atoms with E-state index >= 15 is 0 Å². The molecule has 0 aliphatic heterocycles. The number of nitrogens with two attached hydrogens (primary N) is 2. The first-order valence-electron chi connectivity index (χ1n) is 16.5. The van der Waals surface area contributed by atoms with Crippen molar-refractivity contribution in [2.45, 2.75) is 23.6 Å². The number of nitriles is 2. The molecule has 0 aliphatic rings. The number of azo groups is 2. The minimum absolute atomic E-state index is 0.0315. The third kappa shape index (κ3) is 8.18. The molecule has 32 heteroatoms. The third-order valence-electron chi connectivity index (χ3n) is 8.34.